The summed E-state index contributed by atoms with van der Waals surface area (Å²) < 4.78 is 5.94. The fourth-order valence-electron chi connectivity index (χ4n) is 3.86. The zero-order chi connectivity index (χ0) is 20.0. The van der Waals surface area contributed by atoms with Crippen LogP contribution in [0.25, 0.3) is 5.76 Å². The normalized spacial score (nSPS) is 13.2. The third kappa shape index (κ3) is 8.20. The van der Waals surface area contributed by atoms with Crippen LogP contribution in [0.1, 0.15) is 115 Å². The monoisotopic (exact) mass is 383 g/mol. The first kappa shape index (κ1) is 22.7. The molecule has 2 nitrogen and oxygen atoms in total. The Morgan fingerprint density at radius 1 is 0.750 bits per heavy atom. The van der Waals surface area contributed by atoms with Gasteiger partial charge in [0.1, 0.15) is 5.76 Å². The Kier molecular flexibility index (Phi) is 11.0. The van der Waals surface area contributed by atoms with E-state index in [1.165, 1.54) is 82.6 Å². The predicted molar refractivity (Wildman–Crippen MR) is 123 cm³/mol. The number of hydrogen-bond donors (Lipinski definition) is 0. The molecule has 1 aliphatic rings. The van der Waals surface area contributed by atoms with Gasteiger partial charge in [0.15, 0.2) is 5.90 Å². The van der Waals surface area contributed by atoms with Gasteiger partial charge < -0.3 is 4.74 Å². The highest BCUT2D eigenvalue weighted by atomic mass is 16.5. The van der Waals surface area contributed by atoms with E-state index in [4.69, 9.17) is 9.73 Å². The van der Waals surface area contributed by atoms with E-state index in [2.05, 4.69) is 38.6 Å². The van der Waals surface area contributed by atoms with Gasteiger partial charge in [0.05, 0.1) is 5.69 Å². The van der Waals surface area contributed by atoms with Gasteiger partial charge in [0.25, 0.3) is 0 Å². The molecule has 0 amide bonds. The lowest BCUT2D eigenvalue weighted by molar-refractivity contribution is 0.477. The number of aliphatic imine (C=N–C) groups is 1. The van der Waals surface area contributed by atoms with Crippen LogP contribution in [0, 0.1) is 0 Å². The average Bonchev–Trinajstić information content (AvgIpc) is 2.70. The van der Waals surface area contributed by atoms with Gasteiger partial charge in [-0.2, -0.15) is 0 Å². The molecule has 0 bridgehead atoms. The van der Waals surface area contributed by atoms with E-state index < -0.39 is 0 Å². The second-order valence-electron chi connectivity index (χ2n) is 8.27. The van der Waals surface area contributed by atoms with E-state index in [1.807, 2.05) is 0 Å². The first-order valence-electron chi connectivity index (χ1n) is 11.8. The average molecular weight is 384 g/mol. The summed E-state index contributed by atoms with van der Waals surface area (Å²) in [7, 11) is 0. The van der Waals surface area contributed by atoms with Gasteiger partial charge in [0.2, 0.25) is 0 Å². The van der Waals surface area contributed by atoms with Crippen LogP contribution in [0.4, 0.5) is 5.69 Å². The summed E-state index contributed by atoms with van der Waals surface area (Å²) in [6.45, 7) is 8.69. The van der Waals surface area contributed by atoms with E-state index in [0.29, 0.717) is 0 Å². The molecule has 0 unspecified atom stereocenters. The van der Waals surface area contributed by atoms with Crippen molar-refractivity contribution in [3.63, 3.8) is 0 Å². The van der Waals surface area contributed by atoms with Gasteiger partial charge in [-0.25, -0.2) is 4.99 Å². The lowest BCUT2D eigenvalue weighted by Crippen LogP contribution is -2.08. The van der Waals surface area contributed by atoms with Gasteiger partial charge >= 0.3 is 0 Å². The summed E-state index contributed by atoms with van der Waals surface area (Å²) in [4.78, 5) is 4.75. The smallest absolute Gasteiger partial charge is 0.195 e. The molecule has 0 aromatic heterocycles. The lowest BCUT2D eigenvalue weighted by atomic mass is 10.0. The summed E-state index contributed by atoms with van der Waals surface area (Å²) in [6.07, 6.45) is 19.2. The summed E-state index contributed by atoms with van der Waals surface area (Å²) in [5, 5.41) is 0. The van der Waals surface area contributed by atoms with Crippen LogP contribution in [-0.2, 0) is 11.2 Å². The molecular formula is C26H41NO. The Morgan fingerprint density at radius 3 is 1.96 bits per heavy atom. The van der Waals surface area contributed by atoms with E-state index in [9.17, 15) is 0 Å². The molecule has 0 aliphatic carbocycles. The van der Waals surface area contributed by atoms with Crippen molar-refractivity contribution >= 4 is 17.3 Å². The largest absolute Gasteiger partial charge is 0.443 e. The number of ether oxygens (including phenoxy) is 1. The van der Waals surface area contributed by atoms with Crippen molar-refractivity contribution in [2.75, 3.05) is 0 Å². The highest BCUT2D eigenvalue weighted by Gasteiger charge is 2.17. The maximum absolute atomic E-state index is 5.94. The number of nitrogens with zero attached hydrogens (tertiary/aromatic N) is 1. The predicted octanol–water partition coefficient (Wildman–Crippen LogP) is 8.76. The standard InChI is InChI=1S/C26H41NO/c1-4-6-8-10-12-14-16-18-26-27-25-20-19-23(21-24(25)22(3)28-26)17-15-13-11-9-7-5-2/h19-21H,3-18H2,1-2H3. The molecule has 0 spiro atoms. The Bertz CT molecular complexity index is 617. The molecule has 0 radical (unpaired) electrons. The second-order valence-corrected chi connectivity index (χ2v) is 8.27. The van der Waals surface area contributed by atoms with E-state index >= 15 is 0 Å². The Balaban J connectivity index is 1.76. The molecule has 1 aromatic rings. The van der Waals surface area contributed by atoms with Crippen molar-refractivity contribution in [2.45, 2.75) is 110 Å². The summed E-state index contributed by atoms with van der Waals surface area (Å²) in [6, 6.07) is 6.62. The van der Waals surface area contributed by atoms with Gasteiger partial charge in [-0.3, -0.25) is 0 Å². The summed E-state index contributed by atoms with van der Waals surface area (Å²) in [5.41, 5.74) is 3.48. The van der Waals surface area contributed by atoms with Crippen molar-refractivity contribution in [3.8, 4) is 0 Å². The number of hydrogen-bond acceptors (Lipinski definition) is 2. The fraction of sp³-hybridized carbons (Fsp3) is 0.654. The molecule has 1 aromatic carbocycles. The van der Waals surface area contributed by atoms with Crippen LogP contribution in [0.5, 0.6) is 0 Å². The molecule has 0 atom stereocenters. The number of benzene rings is 1. The molecule has 2 heteroatoms. The maximum atomic E-state index is 5.94. The molecule has 0 saturated heterocycles. The highest BCUT2D eigenvalue weighted by Crippen LogP contribution is 2.33. The fourth-order valence-corrected chi connectivity index (χ4v) is 3.86. The van der Waals surface area contributed by atoms with Gasteiger partial charge in [-0.05, 0) is 37.0 Å². The van der Waals surface area contributed by atoms with Crippen LogP contribution in [0.15, 0.2) is 29.8 Å². The zero-order valence-electron chi connectivity index (χ0n) is 18.4. The molecule has 0 fully saturated rings. The zero-order valence-corrected chi connectivity index (χ0v) is 18.4. The lowest BCUT2D eigenvalue weighted by Gasteiger charge is -2.19. The van der Waals surface area contributed by atoms with Crippen LogP contribution in [0.2, 0.25) is 0 Å². The molecule has 1 heterocycles. The van der Waals surface area contributed by atoms with E-state index in [-0.39, 0.29) is 0 Å². The Morgan fingerprint density at radius 2 is 1.32 bits per heavy atom. The second kappa shape index (κ2) is 13.6. The highest BCUT2D eigenvalue weighted by molar-refractivity contribution is 5.90. The topological polar surface area (TPSA) is 21.6 Å². The van der Waals surface area contributed by atoms with Crippen LogP contribution >= 0.6 is 0 Å². The number of unbranched alkanes of at least 4 members (excludes halogenated alkanes) is 11. The van der Waals surface area contributed by atoms with Crippen molar-refractivity contribution in [2.24, 2.45) is 4.99 Å². The summed E-state index contributed by atoms with van der Waals surface area (Å²) >= 11 is 0. The molecule has 28 heavy (non-hydrogen) atoms. The molecule has 2 rings (SSSR count). The van der Waals surface area contributed by atoms with Gasteiger partial charge in [-0.1, -0.05) is 97.1 Å². The van der Waals surface area contributed by atoms with Crippen molar-refractivity contribution < 1.29 is 4.74 Å². The quantitative estimate of drug-likeness (QED) is 0.277. The number of rotatable bonds is 15. The molecule has 1 aliphatic heterocycles. The van der Waals surface area contributed by atoms with Crippen molar-refractivity contribution in [1.82, 2.24) is 0 Å². The Hall–Kier alpha value is -1.57. The van der Waals surface area contributed by atoms with Crippen LogP contribution in [0.3, 0.4) is 0 Å². The molecule has 0 N–H and O–H groups in total. The van der Waals surface area contributed by atoms with E-state index in [1.54, 1.807) is 0 Å². The van der Waals surface area contributed by atoms with Crippen LogP contribution in [-0.4, -0.2) is 5.90 Å². The number of aryl methyl sites for hydroxylation is 1. The minimum absolute atomic E-state index is 0.771. The van der Waals surface area contributed by atoms with E-state index in [0.717, 1.165) is 42.2 Å². The third-order valence-electron chi connectivity index (χ3n) is 5.66. The van der Waals surface area contributed by atoms with Crippen molar-refractivity contribution in [3.05, 3.63) is 35.9 Å². The third-order valence-corrected chi connectivity index (χ3v) is 5.66. The molecule has 0 saturated carbocycles. The van der Waals surface area contributed by atoms with Crippen molar-refractivity contribution in [1.29, 1.82) is 0 Å². The first-order valence-corrected chi connectivity index (χ1v) is 11.8. The van der Waals surface area contributed by atoms with Gasteiger partial charge in [0, 0.05) is 12.0 Å². The minimum atomic E-state index is 0.771. The molecular weight excluding hydrogens is 342 g/mol. The Labute approximate surface area is 173 Å². The molecule has 156 valence electrons. The SMILES string of the molecule is C=C1OC(CCCCCCCCC)=Nc2ccc(CCCCCCCC)cc21. The van der Waals surface area contributed by atoms with Crippen LogP contribution < -0.4 is 0 Å². The van der Waals surface area contributed by atoms with Gasteiger partial charge in [-0.15, -0.1) is 0 Å². The maximum Gasteiger partial charge on any atom is 0.195 e. The first-order chi connectivity index (χ1) is 13.7. The summed E-state index contributed by atoms with van der Waals surface area (Å²) in [5.74, 6) is 1.61. The minimum Gasteiger partial charge on any atom is -0.443 e. The number of fused-ring (bicyclic) bond motifs is 1.